The molecule has 84 valence electrons. The number of halogens is 3. The molecule has 0 unspecified atom stereocenters. The Balaban J connectivity index is 2.60. The third kappa shape index (κ3) is 3.55. The summed E-state index contributed by atoms with van der Waals surface area (Å²) in [5, 5.41) is 0. The predicted octanol–water partition coefficient (Wildman–Crippen LogP) is 2.78. The fourth-order valence-corrected chi connectivity index (χ4v) is 1.43. The predicted molar refractivity (Wildman–Crippen MR) is 52.9 cm³/mol. The zero-order valence-corrected chi connectivity index (χ0v) is 8.40. The highest BCUT2D eigenvalue weighted by Gasteiger charge is 2.10. The number of hydrogen-bond donors (Lipinski definition) is 1. The molecule has 0 amide bonds. The van der Waals surface area contributed by atoms with E-state index < -0.39 is 17.5 Å². The first kappa shape index (κ1) is 12.0. The van der Waals surface area contributed by atoms with Gasteiger partial charge in [-0.1, -0.05) is 6.42 Å². The van der Waals surface area contributed by atoms with Crippen LogP contribution in [-0.4, -0.2) is 6.54 Å². The van der Waals surface area contributed by atoms with E-state index in [2.05, 4.69) is 0 Å². The Hall–Kier alpha value is -1.03. The lowest BCUT2D eigenvalue weighted by molar-refractivity contribution is 0.517. The van der Waals surface area contributed by atoms with Crippen LogP contribution < -0.4 is 5.73 Å². The maximum Gasteiger partial charge on any atom is 0.132 e. The molecule has 0 saturated carbocycles. The molecule has 0 radical (unpaired) electrons. The van der Waals surface area contributed by atoms with E-state index in [1.807, 2.05) is 0 Å². The number of benzene rings is 1. The maximum absolute atomic E-state index is 13.1. The van der Waals surface area contributed by atoms with E-state index in [0.717, 1.165) is 12.8 Å². The molecule has 0 spiro atoms. The SMILES string of the molecule is NCCCCCc1c(F)cc(F)cc1F. The fraction of sp³-hybridized carbons (Fsp3) is 0.455. The van der Waals surface area contributed by atoms with E-state index in [4.69, 9.17) is 5.73 Å². The van der Waals surface area contributed by atoms with Crippen LogP contribution in [0.2, 0.25) is 0 Å². The van der Waals surface area contributed by atoms with Crippen molar-refractivity contribution < 1.29 is 13.2 Å². The average molecular weight is 217 g/mol. The highest BCUT2D eigenvalue weighted by Crippen LogP contribution is 2.17. The van der Waals surface area contributed by atoms with Crippen molar-refractivity contribution in [3.63, 3.8) is 0 Å². The van der Waals surface area contributed by atoms with Gasteiger partial charge >= 0.3 is 0 Å². The minimum atomic E-state index is -0.879. The Morgan fingerprint density at radius 1 is 0.933 bits per heavy atom. The van der Waals surface area contributed by atoms with Crippen molar-refractivity contribution in [1.82, 2.24) is 0 Å². The molecule has 1 rings (SSSR count). The van der Waals surface area contributed by atoms with Crippen molar-refractivity contribution >= 4 is 0 Å². The summed E-state index contributed by atoms with van der Waals surface area (Å²) >= 11 is 0. The maximum atomic E-state index is 13.1. The van der Waals surface area contributed by atoms with Crippen LogP contribution in [0.3, 0.4) is 0 Å². The lowest BCUT2D eigenvalue weighted by Crippen LogP contribution is -2.00. The summed E-state index contributed by atoms with van der Waals surface area (Å²) in [6.07, 6.45) is 2.62. The molecule has 15 heavy (non-hydrogen) atoms. The number of hydrogen-bond acceptors (Lipinski definition) is 1. The minimum absolute atomic E-state index is 0.0339. The summed E-state index contributed by atoms with van der Waals surface area (Å²) in [5.41, 5.74) is 5.26. The minimum Gasteiger partial charge on any atom is -0.330 e. The second-order valence-electron chi connectivity index (χ2n) is 3.45. The molecular weight excluding hydrogens is 203 g/mol. The van der Waals surface area contributed by atoms with Crippen LogP contribution in [0.4, 0.5) is 13.2 Å². The molecule has 0 saturated heterocycles. The lowest BCUT2D eigenvalue weighted by atomic mass is 10.1. The van der Waals surface area contributed by atoms with Gasteiger partial charge in [-0.15, -0.1) is 0 Å². The van der Waals surface area contributed by atoms with Crippen LogP contribution in [-0.2, 0) is 6.42 Å². The molecule has 0 aliphatic heterocycles. The van der Waals surface area contributed by atoms with Crippen LogP contribution in [0.15, 0.2) is 12.1 Å². The zero-order valence-electron chi connectivity index (χ0n) is 8.40. The molecule has 0 bridgehead atoms. The molecule has 0 aromatic heterocycles. The Kier molecular flexibility index (Phi) is 4.62. The van der Waals surface area contributed by atoms with Crippen molar-refractivity contribution in [2.45, 2.75) is 25.7 Å². The highest BCUT2D eigenvalue weighted by molar-refractivity contribution is 5.20. The monoisotopic (exact) mass is 217 g/mol. The van der Waals surface area contributed by atoms with Crippen molar-refractivity contribution in [3.05, 3.63) is 35.1 Å². The largest absolute Gasteiger partial charge is 0.330 e. The molecule has 2 N–H and O–H groups in total. The second kappa shape index (κ2) is 5.75. The van der Waals surface area contributed by atoms with Crippen molar-refractivity contribution in [2.24, 2.45) is 5.73 Å². The van der Waals surface area contributed by atoms with Crippen LogP contribution in [0, 0.1) is 17.5 Å². The summed E-state index contributed by atoms with van der Waals surface area (Å²) in [6.45, 7) is 0.578. The first-order valence-corrected chi connectivity index (χ1v) is 4.98. The molecular formula is C11H14F3N. The van der Waals surface area contributed by atoms with Gasteiger partial charge in [0.15, 0.2) is 0 Å². The molecule has 1 aromatic carbocycles. The summed E-state index contributed by atoms with van der Waals surface area (Å²) < 4.78 is 38.8. The second-order valence-corrected chi connectivity index (χ2v) is 3.45. The van der Waals surface area contributed by atoms with Crippen LogP contribution in [0.5, 0.6) is 0 Å². The summed E-state index contributed by atoms with van der Waals surface area (Å²) in [5.74, 6) is -2.49. The Labute approximate surface area is 87.1 Å². The van der Waals surface area contributed by atoms with E-state index in [0.29, 0.717) is 25.1 Å². The highest BCUT2D eigenvalue weighted by atomic mass is 19.1. The molecule has 0 aliphatic carbocycles. The molecule has 4 heteroatoms. The van der Waals surface area contributed by atoms with Gasteiger partial charge in [0.2, 0.25) is 0 Å². The normalized spacial score (nSPS) is 10.7. The van der Waals surface area contributed by atoms with Crippen LogP contribution in [0.1, 0.15) is 24.8 Å². The zero-order chi connectivity index (χ0) is 11.3. The first-order valence-electron chi connectivity index (χ1n) is 4.98. The standard InChI is InChI=1S/C11H14F3N/c12-8-6-10(13)9(11(14)7-8)4-2-1-3-5-15/h6-7H,1-5,15H2. The van der Waals surface area contributed by atoms with Gasteiger partial charge in [0.05, 0.1) is 0 Å². The quantitative estimate of drug-likeness (QED) is 0.754. The van der Waals surface area contributed by atoms with Crippen molar-refractivity contribution in [1.29, 1.82) is 0 Å². The smallest absolute Gasteiger partial charge is 0.132 e. The van der Waals surface area contributed by atoms with Gasteiger partial charge in [0, 0.05) is 17.7 Å². The molecule has 0 heterocycles. The van der Waals surface area contributed by atoms with Crippen molar-refractivity contribution in [3.8, 4) is 0 Å². The molecule has 1 nitrogen and oxygen atoms in total. The summed E-state index contributed by atoms with van der Waals surface area (Å²) in [4.78, 5) is 0. The molecule has 0 atom stereocenters. The molecule has 0 aliphatic rings. The summed E-state index contributed by atoms with van der Waals surface area (Å²) in [7, 11) is 0. The summed E-state index contributed by atoms with van der Waals surface area (Å²) in [6, 6.07) is 1.42. The van der Waals surface area contributed by atoms with Gasteiger partial charge in [0.25, 0.3) is 0 Å². The van der Waals surface area contributed by atoms with Crippen molar-refractivity contribution in [2.75, 3.05) is 6.54 Å². The van der Waals surface area contributed by atoms with E-state index in [-0.39, 0.29) is 12.0 Å². The van der Waals surface area contributed by atoms with Gasteiger partial charge in [-0.05, 0) is 25.8 Å². The number of unbranched alkanes of at least 4 members (excludes halogenated alkanes) is 2. The van der Waals surface area contributed by atoms with Gasteiger partial charge in [-0.3, -0.25) is 0 Å². The van der Waals surface area contributed by atoms with E-state index in [9.17, 15) is 13.2 Å². The van der Waals surface area contributed by atoms with Gasteiger partial charge < -0.3 is 5.73 Å². The van der Waals surface area contributed by atoms with E-state index in [1.54, 1.807) is 0 Å². The van der Waals surface area contributed by atoms with Gasteiger partial charge in [-0.2, -0.15) is 0 Å². The van der Waals surface area contributed by atoms with Gasteiger partial charge in [0.1, 0.15) is 17.5 Å². The molecule has 0 fully saturated rings. The van der Waals surface area contributed by atoms with Crippen LogP contribution in [0.25, 0.3) is 0 Å². The number of nitrogens with two attached hydrogens (primary N) is 1. The average Bonchev–Trinajstić information content (AvgIpc) is 2.15. The number of rotatable bonds is 5. The lowest BCUT2D eigenvalue weighted by Gasteiger charge is -2.04. The van der Waals surface area contributed by atoms with E-state index in [1.165, 1.54) is 0 Å². The topological polar surface area (TPSA) is 26.0 Å². The Bertz CT molecular complexity index is 303. The third-order valence-corrected chi connectivity index (χ3v) is 2.24. The van der Waals surface area contributed by atoms with E-state index >= 15 is 0 Å². The molecule has 1 aromatic rings. The van der Waals surface area contributed by atoms with Crippen LogP contribution >= 0.6 is 0 Å². The Morgan fingerprint density at radius 3 is 2.07 bits per heavy atom. The first-order chi connectivity index (χ1) is 7.15. The fourth-order valence-electron chi connectivity index (χ4n) is 1.43. The van der Waals surface area contributed by atoms with Gasteiger partial charge in [-0.25, -0.2) is 13.2 Å². The third-order valence-electron chi connectivity index (χ3n) is 2.24. The Morgan fingerprint density at radius 2 is 1.53 bits per heavy atom.